The predicted molar refractivity (Wildman–Crippen MR) is 62.0 cm³/mol. The van der Waals surface area contributed by atoms with E-state index in [9.17, 15) is 4.79 Å². The highest BCUT2D eigenvalue weighted by molar-refractivity contribution is 6.73. The van der Waals surface area contributed by atoms with Crippen LogP contribution in [0, 0.1) is 0 Å². The van der Waals surface area contributed by atoms with E-state index in [-0.39, 0.29) is 5.78 Å². The molecule has 2 aliphatic rings. The summed E-state index contributed by atoms with van der Waals surface area (Å²) in [6.45, 7) is 0. The molecule has 0 bridgehead atoms. The molecule has 0 saturated heterocycles. The molecule has 0 radical (unpaired) electrons. The number of aliphatic imine (C=N–C) groups is 3. The van der Waals surface area contributed by atoms with Crippen LogP contribution in [0.5, 0.6) is 0 Å². The lowest BCUT2D eigenvalue weighted by molar-refractivity contribution is -0.108. The maximum Gasteiger partial charge on any atom is 0.209 e. The van der Waals surface area contributed by atoms with Gasteiger partial charge in [-0.1, -0.05) is 30.3 Å². The van der Waals surface area contributed by atoms with Crippen LogP contribution in [0.2, 0.25) is 0 Å². The van der Waals surface area contributed by atoms with E-state index >= 15 is 0 Å². The topological polar surface area (TPSA) is 54.1 Å². The minimum atomic E-state index is -0.139. The van der Waals surface area contributed by atoms with Gasteiger partial charge in [0.2, 0.25) is 5.78 Å². The van der Waals surface area contributed by atoms with Crippen molar-refractivity contribution in [2.24, 2.45) is 15.0 Å². The van der Waals surface area contributed by atoms with Crippen LogP contribution in [0.25, 0.3) is 0 Å². The number of nitrogens with zero attached hydrogens (tertiary/aromatic N) is 3. The van der Waals surface area contributed by atoms with Gasteiger partial charge in [0, 0.05) is 17.8 Å². The number of amidine groups is 2. The zero-order valence-electron chi connectivity index (χ0n) is 8.29. The highest BCUT2D eigenvalue weighted by Gasteiger charge is 2.25. The molecule has 0 saturated carbocycles. The van der Waals surface area contributed by atoms with Crippen molar-refractivity contribution >= 4 is 23.2 Å². The molecule has 4 heteroatoms. The Hall–Kier alpha value is -2.36. The van der Waals surface area contributed by atoms with E-state index in [2.05, 4.69) is 15.0 Å². The van der Waals surface area contributed by atoms with Crippen molar-refractivity contribution in [3.05, 3.63) is 48.2 Å². The first-order valence-electron chi connectivity index (χ1n) is 4.86. The summed E-state index contributed by atoms with van der Waals surface area (Å²) < 4.78 is 0. The average Bonchev–Trinajstić information content (AvgIpc) is 2.76. The zero-order valence-corrected chi connectivity index (χ0v) is 8.29. The predicted octanol–water partition coefficient (Wildman–Crippen LogP) is 1.38. The highest BCUT2D eigenvalue weighted by Crippen LogP contribution is 2.12. The fourth-order valence-corrected chi connectivity index (χ4v) is 1.56. The molecule has 0 amide bonds. The molecule has 0 fully saturated rings. The maximum absolute atomic E-state index is 11.5. The Bertz CT molecular complexity index is 580. The zero-order chi connectivity index (χ0) is 11.0. The Morgan fingerprint density at radius 3 is 2.50 bits per heavy atom. The highest BCUT2D eigenvalue weighted by atomic mass is 16.1. The summed E-state index contributed by atoms with van der Waals surface area (Å²) in [4.78, 5) is 23.9. The number of benzene rings is 1. The third-order valence-corrected chi connectivity index (χ3v) is 2.33. The van der Waals surface area contributed by atoms with E-state index < -0.39 is 0 Å². The normalized spacial score (nSPS) is 17.8. The molecular formula is C12H7N3O. The summed E-state index contributed by atoms with van der Waals surface area (Å²) in [5, 5.41) is 0. The van der Waals surface area contributed by atoms with E-state index in [1.54, 1.807) is 0 Å². The Balaban J connectivity index is 2.06. The van der Waals surface area contributed by atoms with Crippen molar-refractivity contribution in [2.45, 2.75) is 0 Å². The Labute approximate surface area is 91.8 Å². The first kappa shape index (κ1) is 8.91. The maximum atomic E-state index is 11.5. The minimum absolute atomic E-state index is 0.139. The second-order valence-electron chi connectivity index (χ2n) is 3.39. The van der Waals surface area contributed by atoms with Crippen molar-refractivity contribution in [3.8, 4) is 0 Å². The Kier molecular flexibility index (Phi) is 1.86. The van der Waals surface area contributed by atoms with Crippen LogP contribution in [0.4, 0.5) is 0 Å². The molecule has 2 aliphatic heterocycles. The molecule has 2 heterocycles. The van der Waals surface area contributed by atoms with Crippen LogP contribution >= 0.6 is 0 Å². The lowest BCUT2D eigenvalue weighted by Gasteiger charge is -1.97. The number of hydrogen-bond donors (Lipinski definition) is 0. The number of carbonyl (C=O) groups is 1. The first-order valence-corrected chi connectivity index (χ1v) is 4.86. The number of fused-ring (bicyclic) bond motifs is 1. The molecule has 0 atom stereocenters. The fourth-order valence-electron chi connectivity index (χ4n) is 1.56. The summed E-state index contributed by atoms with van der Waals surface area (Å²) in [5.41, 5.74) is 1.22. The molecule has 0 unspecified atom stereocenters. The van der Waals surface area contributed by atoms with Gasteiger partial charge in [-0.05, 0) is 0 Å². The van der Waals surface area contributed by atoms with Crippen molar-refractivity contribution in [1.29, 1.82) is 0 Å². The van der Waals surface area contributed by atoms with Crippen molar-refractivity contribution in [1.82, 2.24) is 0 Å². The number of ketones is 1. The molecule has 1 aromatic rings. The second-order valence-corrected chi connectivity index (χ2v) is 3.39. The third-order valence-electron chi connectivity index (χ3n) is 2.33. The summed E-state index contributed by atoms with van der Waals surface area (Å²) in [5.74, 6) is 0.817. The van der Waals surface area contributed by atoms with Gasteiger partial charge < -0.3 is 0 Å². The third kappa shape index (κ3) is 1.32. The van der Waals surface area contributed by atoms with Gasteiger partial charge in [0.15, 0.2) is 17.4 Å². The van der Waals surface area contributed by atoms with Crippen molar-refractivity contribution in [3.63, 3.8) is 0 Å². The summed E-state index contributed by atoms with van der Waals surface area (Å²) >= 11 is 0. The number of carbonyl (C=O) groups excluding carboxylic acids is 1. The molecule has 0 aromatic heterocycles. The van der Waals surface area contributed by atoms with Gasteiger partial charge in [-0.3, -0.25) is 4.79 Å². The van der Waals surface area contributed by atoms with Crippen molar-refractivity contribution < 1.29 is 4.79 Å². The lowest BCUT2D eigenvalue weighted by atomic mass is 10.2. The van der Waals surface area contributed by atoms with Crippen LogP contribution in [0.1, 0.15) is 5.56 Å². The Morgan fingerprint density at radius 1 is 0.938 bits per heavy atom. The number of hydrogen-bond acceptors (Lipinski definition) is 4. The largest absolute Gasteiger partial charge is 0.287 e. The van der Waals surface area contributed by atoms with Gasteiger partial charge in [0.05, 0.1) is 0 Å². The van der Waals surface area contributed by atoms with Gasteiger partial charge in [0.25, 0.3) is 0 Å². The van der Waals surface area contributed by atoms with Crippen LogP contribution < -0.4 is 0 Å². The average molecular weight is 209 g/mol. The molecule has 0 N–H and O–H groups in total. The van der Waals surface area contributed by atoms with Crippen LogP contribution in [0.15, 0.2) is 57.6 Å². The first-order chi connectivity index (χ1) is 7.84. The van der Waals surface area contributed by atoms with Crippen LogP contribution in [-0.4, -0.2) is 23.2 Å². The van der Waals surface area contributed by atoms with Crippen LogP contribution in [0.3, 0.4) is 0 Å². The smallest absolute Gasteiger partial charge is 0.209 e. The van der Waals surface area contributed by atoms with Gasteiger partial charge in [-0.25, -0.2) is 15.0 Å². The Morgan fingerprint density at radius 2 is 1.75 bits per heavy atom. The van der Waals surface area contributed by atoms with Crippen molar-refractivity contribution in [2.75, 3.05) is 0 Å². The standard InChI is InChI=1S/C12H7N3O/c16-9-6-7-13-12-10(9)14-11(15-12)8-4-2-1-3-5-8/h1-7H. The molecule has 4 nitrogen and oxygen atoms in total. The van der Waals surface area contributed by atoms with Gasteiger partial charge in [0.1, 0.15) is 0 Å². The molecule has 76 valence electrons. The SMILES string of the molecule is O=C1C=CN=C2N=C(c3ccccc3)N=C12. The quantitative estimate of drug-likeness (QED) is 0.689. The van der Waals surface area contributed by atoms with E-state index in [1.165, 1.54) is 12.3 Å². The number of rotatable bonds is 1. The van der Waals surface area contributed by atoms with Gasteiger partial charge in [-0.15, -0.1) is 0 Å². The van der Waals surface area contributed by atoms with Crippen LogP contribution in [-0.2, 0) is 4.79 Å². The van der Waals surface area contributed by atoms with E-state index in [0.29, 0.717) is 17.4 Å². The van der Waals surface area contributed by atoms with E-state index in [1.807, 2.05) is 30.3 Å². The van der Waals surface area contributed by atoms with E-state index in [4.69, 9.17) is 0 Å². The minimum Gasteiger partial charge on any atom is -0.287 e. The fraction of sp³-hybridized carbons (Fsp3) is 0. The molecule has 1 aromatic carbocycles. The van der Waals surface area contributed by atoms with E-state index in [0.717, 1.165) is 5.56 Å². The summed E-state index contributed by atoms with van der Waals surface area (Å²) in [7, 11) is 0. The molecule has 16 heavy (non-hydrogen) atoms. The molecule has 0 aliphatic carbocycles. The number of allylic oxidation sites excluding steroid dienone is 1. The monoisotopic (exact) mass is 209 g/mol. The van der Waals surface area contributed by atoms with Gasteiger partial charge >= 0.3 is 0 Å². The summed E-state index contributed by atoms with van der Waals surface area (Å²) in [6, 6.07) is 9.53. The second kappa shape index (κ2) is 3.34. The molecular weight excluding hydrogens is 202 g/mol. The van der Waals surface area contributed by atoms with Gasteiger partial charge in [-0.2, -0.15) is 0 Å². The molecule has 0 spiro atoms. The summed E-state index contributed by atoms with van der Waals surface area (Å²) in [6.07, 6.45) is 2.85. The molecule has 3 rings (SSSR count). The lowest BCUT2D eigenvalue weighted by Crippen LogP contribution is -2.20.